The first-order valence-electron chi connectivity index (χ1n) is 9.80. The minimum Gasteiger partial charge on any atom is -0.466 e. The van der Waals surface area contributed by atoms with Crippen LogP contribution in [0.1, 0.15) is 37.9 Å². The third-order valence-electron chi connectivity index (χ3n) is 5.11. The van der Waals surface area contributed by atoms with Crippen molar-refractivity contribution in [2.24, 2.45) is 0 Å². The Morgan fingerprint density at radius 1 is 1.03 bits per heavy atom. The molecule has 1 atom stereocenters. The second-order valence-electron chi connectivity index (χ2n) is 8.36. The van der Waals surface area contributed by atoms with Crippen molar-refractivity contribution in [1.82, 2.24) is 10.6 Å². The minimum absolute atomic E-state index is 0.00403. The van der Waals surface area contributed by atoms with Crippen molar-refractivity contribution in [3.63, 3.8) is 0 Å². The van der Waals surface area contributed by atoms with E-state index >= 15 is 0 Å². The molecule has 2 amide bonds. The SMILES string of the molecule is COC(=O)C1=C(CS(=O)(=O)c2ccc(C(C)(C)C)cc2)NC(=O)N[C@H]1c1ccccc1. The molecule has 7 nitrogen and oxygen atoms in total. The van der Waals surface area contributed by atoms with E-state index in [0.29, 0.717) is 5.56 Å². The smallest absolute Gasteiger partial charge is 0.338 e. The van der Waals surface area contributed by atoms with Crippen LogP contribution in [0.15, 0.2) is 70.8 Å². The molecule has 3 rings (SSSR count). The molecule has 0 aromatic heterocycles. The average molecular weight is 443 g/mol. The van der Waals surface area contributed by atoms with Crippen LogP contribution in [0.5, 0.6) is 0 Å². The molecular formula is C23H26N2O5S. The van der Waals surface area contributed by atoms with Gasteiger partial charge in [-0.25, -0.2) is 18.0 Å². The van der Waals surface area contributed by atoms with Crippen molar-refractivity contribution in [3.05, 3.63) is 77.0 Å². The van der Waals surface area contributed by atoms with E-state index in [9.17, 15) is 18.0 Å². The third kappa shape index (κ3) is 4.96. The Kier molecular flexibility index (Phi) is 6.22. The zero-order chi connectivity index (χ0) is 22.8. The van der Waals surface area contributed by atoms with Crippen LogP contribution in [-0.4, -0.2) is 33.3 Å². The quantitative estimate of drug-likeness (QED) is 0.692. The van der Waals surface area contributed by atoms with Gasteiger partial charge in [0.2, 0.25) is 0 Å². The van der Waals surface area contributed by atoms with Gasteiger partial charge < -0.3 is 15.4 Å². The number of carbonyl (C=O) groups is 2. The van der Waals surface area contributed by atoms with Crippen LogP contribution in [-0.2, 0) is 24.8 Å². The molecule has 31 heavy (non-hydrogen) atoms. The third-order valence-corrected chi connectivity index (χ3v) is 6.76. The van der Waals surface area contributed by atoms with Gasteiger partial charge in [-0.1, -0.05) is 63.2 Å². The van der Waals surface area contributed by atoms with Crippen LogP contribution >= 0.6 is 0 Å². The lowest BCUT2D eigenvalue weighted by atomic mass is 9.87. The molecule has 1 aliphatic rings. The Morgan fingerprint density at radius 3 is 2.19 bits per heavy atom. The zero-order valence-corrected chi connectivity index (χ0v) is 18.7. The Labute approximate surface area is 182 Å². The first kappa shape index (κ1) is 22.6. The fourth-order valence-electron chi connectivity index (χ4n) is 3.41. The summed E-state index contributed by atoms with van der Waals surface area (Å²) in [7, 11) is -2.62. The van der Waals surface area contributed by atoms with Gasteiger partial charge in [0.25, 0.3) is 0 Å². The van der Waals surface area contributed by atoms with Gasteiger partial charge in [-0.2, -0.15) is 0 Å². The van der Waals surface area contributed by atoms with Crippen molar-refractivity contribution < 1.29 is 22.7 Å². The van der Waals surface area contributed by atoms with Crippen molar-refractivity contribution in [2.45, 2.75) is 37.1 Å². The summed E-state index contributed by atoms with van der Waals surface area (Å²) < 4.78 is 31.1. The van der Waals surface area contributed by atoms with Crippen molar-refractivity contribution >= 4 is 21.8 Å². The average Bonchev–Trinajstić information content (AvgIpc) is 2.72. The molecule has 0 aliphatic carbocycles. The predicted molar refractivity (Wildman–Crippen MR) is 117 cm³/mol. The first-order valence-corrected chi connectivity index (χ1v) is 11.5. The highest BCUT2D eigenvalue weighted by atomic mass is 32.2. The Balaban J connectivity index is 2.03. The van der Waals surface area contributed by atoms with Crippen molar-refractivity contribution in [2.75, 3.05) is 12.9 Å². The van der Waals surface area contributed by atoms with E-state index in [2.05, 4.69) is 10.6 Å². The number of amides is 2. The molecule has 0 bridgehead atoms. The molecule has 0 fully saturated rings. The van der Waals surface area contributed by atoms with Crippen molar-refractivity contribution in [3.8, 4) is 0 Å². The molecule has 1 aliphatic heterocycles. The van der Waals surface area contributed by atoms with Gasteiger partial charge in [-0.15, -0.1) is 0 Å². The number of nitrogens with one attached hydrogen (secondary N) is 2. The molecule has 8 heteroatoms. The van der Waals surface area contributed by atoms with E-state index in [1.165, 1.54) is 7.11 Å². The van der Waals surface area contributed by atoms with Gasteiger partial charge in [0, 0.05) is 5.70 Å². The summed E-state index contributed by atoms with van der Waals surface area (Å²) in [4.78, 5) is 25.0. The minimum atomic E-state index is -3.83. The maximum atomic E-state index is 13.1. The lowest BCUT2D eigenvalue weighted by Gasteiger charge is -2.29. The highest BCUT2D eigenvalue weighted by Crippen LogP contribution is 2.29. The molecule has 0 saturated carbocycles. The fraction of sp³-hybridized carbons (Fsp3) is 0.304. The van der Waals surface area contributed by atoms with E-state index in [1.54, 1.807) is 54.6 Å². The summed E-state index contributed by atoms with van der Waals surface area (Å²) in [6, 6.07) is 14.1. The van der Waals surface area contributed by atoms with Gasteiger partial charge in [0.05, 0.1) is 29.4 Å². The number of rotatable bonds is 5. The number of ether oxygens (including phenoxy) is 1. The number of sulfone groups is 1. The van der Waals surface area contributed by atoms with Crippen molar-refractivity contribution in [1.29, 1.82) is 0 Å². The largest absolute Gasteiger partial charge is 0.466 e. The van der Waals surface area contributed by atoms with Gasteiger partial charge >= 0.3 is 12.0 Å². The fourth-order valence-corrected chi connectivity index (χ4v) is 4.74. The normalized spacial score (nSPS) is 17.0. The predicted octanol–water partition coefficient (Wildman–Crippen LogP) is 3.24. The number of hydrogen-bond donors (Lipinski definition) is 2. The summed E-state index contributed by atoms with van der Waals surface area (Å²) >= 11 is 0. The number of urea groups is 1. The van der Waals surface area contributed by atoms with Crippen LogP contribution in [0.25, 0.3) is 0 Å². The molecule has 0 spiro atoms. The summed E-state index contributed by atoms with van der Waals surface area (Å²) in [5, 5.41) is 5.17. The monoisotopic (exact) mass is 442 g/mol. The number of esters is 1. The number of hydrogen-bond acceptors (Lipinski definition) is 5. The van der Waals surface area contributed by atoms with Gasteiger partial charge in [-0.05, 0) is 28.7 Å². The summed E-state index contributed by atoms with van der Waals surface area (Å²) in [5.74, 6) is -1.25. The molecule has 164 valence electrons. The first-order chi connectivity index (χ1) is 14.5. The van der Waals surface area contributed by atoms with Gasteiger partial charge in [0.15, 0.2) is 9.84 Å². The summed E-state index contributed by atoms with van der Waals surface area (Å²) in [6.45, 7) is 6.12. The topological polar surface area (TPSA) is 102 Å². The molecule has 0 unspecified atom stereocenters. The number of methoxy groups -OCH3 is 1. The second-order valence-corrected chi connectivity index (χ2v) is 10.3. The van der Waals surface area contributed by atoms with Gasteiger partial charge in [0.1, 0.15) is 0 Å². The van der Waals surface area contributed by atoms with Crippen LogP contribution in [0.3, 0.4) is 0 Å². The van der Waals surface area contributed by atoms with Crippen LogP contribution in [0.2, 0.25) is 0 Å². The molecule has 0 radical (unpaired) electrons. The zero-order valence-electron chi connectivity index (χ0n) is 17.9. The highest BCUT2D eigenvalue weighted by Gasteiger charge is 2.35. The molecule has 2 N–H and O–H groups in total. The Hall–Kier alpha value is -3.13. The number of benzene rings is 2. The van der Waals surface area contributed by atoms with Crippen LogP contribution in [0.4, 0.5) is 4.79 Å². The molecule has 0 saturated heterocycles. The van der Waals surface area contributed by atoms with E-state index < -0.39 is 33.6 Å². The Morgan fingerprint density at radius 2 is 1.65 bits per heavy atom. The number of carbonyl (C=O) groups excluding carboxylic acids is 2. The molecular weight excluding hydrogens is 416 g/mol. The summed E-state index contributed by atoms with van der Waals surface area (Å²) in [6.07, 6.45) is 0. The van der Waals surface area contributed by atoms with Crippen LogP contribution < -0.4 is 10.6 Å². The van der Waals surface area contributed by atoms with E-state index in [4.69, 9.17) is 4.74 Å². The van der Waals surface area contributed by atoms with Gasteiger partial charge in [-0.3, -0.25) is 0 Å². The van der Waals surface area contributed by atoms with E-state index in [-0.39, 0.29) is 21.6 Å². The lowest BCUT2D eigenvalue weighted by Crippen LogP contribution is -2.47. The molecule has 2 aromatic carbocycles. The summed E-state index contributed by atoms with van der Waals surface area (Å²) in [5.41, 5.74) is 1.59. The maximum Gasteiger partial charge on any atom is 0.338 e. The second kappa shape index (κ2) is 8.55. The van der Waals surface area contributed by atoms with Crippen LogP contribution in [0, 0.1) is 0 Å². The molecule has 2 aromatic rings. The standard InChI is InChI=1S/C23H26N2O5S/c1-23(2,3)16-10-12-17(13-11-16)31(28,29)14-18-19(21(26)30-4)20(25-22(27)24-18)15-8-6-5-7-9-15/h5-13,20H,14H2,1-4H3,(H2,24,25,27)/t20-/m0/s1. The maximum absolute atomic E-state index is 13.1. The van der Waals surface area contributed by atoms with E-state index in [0.717, 1.165) is 5.56 Å². The van der Waals surface area contributed by atoms with E-state index in [1.807, 2.05) is 20.8 Å². The Bertz CT molecular complexity index is 1110. The molecule has 1 heterocycles. The lowest BCUT2D eigenvalue weighted by molar-refractivity contribution is -0.136. The highest BCUT2D eigenvalue weighted by molar-refractivity contribution is 7.91.